The summed E-state index contributed by atoms with van der Waals surface area (Å²) in [5, 5.41) is 7.14. The van der Waals surface area contributed by atoms with Crippen molar-refractivity contribution in [1.29, 1.82) is 0 Å². The second kappa shape index (κ2) is 7.40. The molecule has 0 aliphatic heterocycles. The lowest BCUT2D eigenvalue weighted by atomic mass is 10.1. The molecule has 2 rings (SSSR count). The number of aryl methyl sites for hydroxylation is 1. The number of rotatable bonds is 7. The summed E-state index contributed by atoms with van der Waals surface area (Å²) in [5.41, 5.74) is 2.20. The van der Waals surface area contributed by atoms with Crippen molar-refractivity contribution in [1.82, 2.24) is 15.5 Å². The number of nitrogens with one attached hydrogen (secondary N) is 1. The van der Waals surface area contributed by atoms with Crippen molar-refractivity contribution in [3.05, 3.63) is 40.0 Å². The van der Waals surface area contributed by atoms with Crippen LogP contribution in [-0.2, 0) is 13.2 Å². The van der Waals surface area contributed by atoms with Gasteiger partial charge in [-0.05, 0) is 37.6 Å². The van der Waals surface area contributed by atoms with Crippen molar-refractivity contribution in [3.8, 4) is 5.75 Å². The van der Waals surface area contributed by atoms with E-state index in [1.54, 1.807) is 0 Å². The van der Waals surface area contributed by atoms with Crippen molar-refractivity contribution in [2.75, 3.05) is 6.54 Å². The number of hydrogen-bond donors (Lipinski definition) is 1. The summed E-state index contributed by atoms with van der Waals surface area (Å²) in [5.74, 6) is 1.42. The van der Waals surface area contributed by atoms with Crippen molar-refractivity contribution in [2.45, 2.75) is 33.4 Å². The van der Waals surface area contributed by atoms with E-state index < -0.39 is 0 Å². The molecule has 0 spiro atoms. The topological polar surface area (TPSA) is 60.2 Å². The third-order valence-electron chi connectivity index (χ3n) is 2.81. The normalized spacial score (nSPS) is 10.8. The summed E-state index contributed by atoms with van der Waals surface area (Å²) < 4.78 is 11.6. The fraction of sp³-hybridized carbons (Fsp3) is 0.429. The van der Waals surface area contributed by atoms with Crippen LogP contribution in [0.3, 0.4) is 0 Å². The zero-order valence-corrected chi connectivity index (χ0v) is 13.2. The lowest BCUT2D eigenvalue weighted by Gasteiger charge is -2.14. The number of halogens is 1. The standard InChI is InChI=1S/C14H18BrN3O2/c1-3-4-16-7-11-6-12(15)5-10(2)14(11)19-8-13-17-9-20-18-13/h5-6,9,16H,3-4,7-8H2,1-2H3. The summed E-state index contributed by atoms with van der Waals surface area (Å²) in [6, 6.07) is 4.11. The minimum atomic E-state index is 0.305. The van der Waals surface area contributed by atoms with Crippen LogP contribution in [0.1, 0.15) is 30.3 Å². The molecule has 0 unspecified atom stereocenters. The Morgan fingerprint density at radius 1 is 1.40 bits per heavy atom. The molecule has 1 aromatic carbocycles. The van der Waals surface area contributed by atoms with E-state index in [9.17, 15) is 0 Å². The van der Waals surface area contributed by atoms with E-state index in [0.29, 0.717) is 12.4 Å². The average Bonchev–Trinajstić information content (AvgIpc) is 2.91. The van der Waals surface area contributed by atoms with Crippen molar-refractivity contribution in [3.63, 3.8) is 0 Å². The largest absolute Gasteiger partial charge is 0.485 e. The Labute approximate surface area is 126 Å². The van der Waals surface area contributed by atoms with Crippen LogP contribution in [0.4, 0.5) is 0 Å². The zero-order valence-electron chi connectivity index (χ0n) is 11.6. The first-order valence-electron chi connectivity index (χ1n) is 6.58. The first-order chi connectivity index (χ1) is 9.70. The van der Waals surface area contributed by atoms with Gasteiger partial charge in [0.15, 0.2) is 6.61 Å². The van der Waals surface area contributed by atoms with Gasteiger partial charge in [0.2, 0.25) is 12.2 Å². The Morgan fingerprint density at radius 2 is 2.25 bits per heavy atom. The van der Waals surface area contributed by atoms with Gasteiger partial charge >= 0.3 is 0 Å². The fourth-order valence-electron chi connectivity index (χ4n) is 1.93. The van der Waals surface area contributed by atoms with Crippen LogP contribution in [-0.4, -0.2) is 16.7 Å². The van der Waals surface area contributed by atoms with Crippen molar-refractivity contribution >= 4 is 15.9 Å². The maximum absolute atomic E-state index is 5.85. The quantitative estimate of drug-likeness (QED) is 0.784. The van der Waals surface area contributed by atoms with Gasteiger partial charge in [0.25, 0.3) is 0 Å². The SMILES string of the molecule is CCCNCc1cc(Br)cc(C)c1OCc1ncon1. The van der Waals surface area contributed by atoms with Crippen LogP contribution in [0.5, 0.6) is 5.75 Å². The molecule has 6 heteroatoms. The fourth-order valence-corrected chi connectivity index (χ4v) is 2.55. The zero-order chi connectivity index (χ0) is 14.4. The van der Waals surface area contributed by atoms with E-state index in [-0.39, 0.29) is 0 Å². The highest BCUT2D eigenvalue weighted by molar-refractivity contribution is 9.10. The molecule has 0 radical (unpaired) electrons. The molecule has 1 heterocycles. The van der Waals surface area contributed by atoms with E-state index >= 15 is 0 Å². The van der Waals surface area contributed by atoms with Gasteiger partial charge in [0.1, 0.15) is 5.75 Å². The second-order valence-electron chi connectivity index (χ2n) is 4.52. The Bertz CT molecular complexity index is 544. The molecule has 0 saturated heterocycles. The number of nitrogens with zero attached hydrogens (tertiary/aromatic N) is 2. The van der Waals surface area contributed by atoms with Gasteiger partial charge in [-0.25, -0.2) is 0 Å². The molecule has 5 nitrogen and oxygen atoms in total. The molecule has 20 heavy (non-hydrogen) atoms. The molecule has 1 aromatic heterocycles. The van der Waals surface area contributed by atoms with Gasteiger partial charge in [0, 0.05) is 16.6 Å². The summed E-state index contributed by atoms with van der Waals surface area (Å²) in [7, 11) is 0. The molecule has 0 aliphatic carbocycles. The van der Waals surface area contributed by atoms with Gasteiger partial charge in [-0.3, -0.25) is 0 Å². The van der Waals surface area contributed by atoms with Crippen LogP contribution in [0.15, 0.2) is 27.5 Å². The number of hydrogen-bond acceptors (Lipinski definition) is 5. The predicted molar refractivity (Wildman–Crippen MR) is 79.5 cm³/mol. The van der Waals surface area contributed by atoms with E-state index in [0.717, 1.165) is 40.9 Å². The Balaban J connectivity index is 2.11. The molecule has 0 bridgehead atoms. The van der Waals surface area contributed by atoms with Gasteiger partial charge in [-0.15, -0.1) is 0 Å². The van der Waals surface area contributed by atoms with Crippen LogP contribution in [0.2, 0.25) is 0 Å². The third kappa shape index (κ3) is 4.05. The Kier molecular flexibility index (Phi) is 5.55. The minimum absolute atomic E-state index is 0.305. The van der Waals surface area contributed by atoms with Crippen LogP contribution in [0.25, 0.3) is 0 Å². The average molecular weight is 340 g/mol. The number of ether oxygens (including phenoxy) is 1. The van der Waals surface area contributed by atoms with Crippen molar-refractivity contribution < 1.29 is 9.26 Å². The third-order valence-corrected chi connectivity index (χ3v) is 3.27. The number of benzene rings is 1. The lowest BCUT2D eigenvalue weighted by Crippen LogP contribution is -2.15. The minimum Gasteiger partial charge on any atom is -0.485 e. The molecule has 0 saturated carbocycles. The first-order valence-corrected chi connectivity index (χ1v) is 7.37. The predicted octanol–water partition coefficient (Wildman–Crippen LogP) is 3.22. The van der Waals surface area contributed by atoms with Gasteiger partial charge in [-0.2, -0.15) is 4.98 Å². The summed E-state index contributed by atoms with van der Waals surface area (Å²) in [6.45, 7) is 6.23. The highest BCUT2D eigenvalue weighted by Crippen LogP contribution is 2.28. The smallest absolute Gasteiger partial charge is 0.213 e. The summed E-state index contributed by atoms with van der Waals surface area (Å²) in [6.07, 6.45) is 2.41. The Morgan fingerprint density at radius 3 is 2.95 bits per heavy atom. The monoisotopic (exact) mass is 339 g/mol. The molecule has 0 atom stereocenters. The van der Waals surface area contributed by atoms with Crippen LogP contribution < -0.4 is 10.1 Å². The maximum Gasteiger partial charge on any atom is 0.213 e. The Hall–Kier alpha value is -1.40. The molecular formula is C14H18BrN3O2. The molecule has 0 fully saturated rings. The van der Waals surface area contributed by atoms with E-state index in [2.05, 4.69) is 44.4 Å². The van der Waals surface area contributed by atoms with E-state index in [4.69, 9.17) is 9.26 Å². The van der Waals surface area contributed by atoms with Gasteiger partial charge < -0.3 is 14.6 Å². The molecule has 108 valence electrons. The molecule has 0 amide bonds. The highest BCUT2D eigenvalue weighted by atomic mass is 79.9. The summed E-state index contributed by atoms with van der Waals surface area (Å²) >= 11 is 3.52. The lowest BCUT2D eigenvalue weighted by molar-refractivity contribution is 0.281. The maximum atomic E-state index is 5.85. The molecule has 1 N–H and O–H groups in total. The van der Waals surface area contributed by atoms with Crippen LogP contribution >= 0.6 is 15.9 Å². The summed E-state index contributed by atoms with van der Waals surface area (Å²) in [4.78, 5) is 3.96. The number of aromatic nitrogens is 2. The van der Waals surface area contributed by atoms with E-state index in [1.165, 1.54) is 6.39 Å². The van der Waals surface area contributed by atoms with Gasteiger partial charge in [-0.1, -0.05) is 28.0 Å². The molecule has 2 aromatic rings. The highest BCUT2D eigenvalue weighted by Gasteiger charge is 2.10. The van der Waals surface area contributed by atoms with Gasteiger partial charge in [0.05, 0.1) is 0 Å². The van der Waals surface area contributed by atoms with E-state index in [1.807, 2.05) is 13.0 Å². The molecular weight excluding hydrogens is 322 g/mol. The molecule has 0 aliphatic rings. The second-order valence-corrected chi connectivity index (χ2v) is 5.44. The first kappa shape index (κ1) is 15.0. The van der Waals surface area contributed by atoms with Crippen LogP contribution in [0, 0.1) is 6.92 Å². The van der Waals surface area contributed by atoms with Crippen molar-refractivity contribution in [2.24, 2.45) is 0 Å².